The van der Waals surface area contributed by atoms with Gasteiger partial charge < -0.3 is 19.4 Å². The number of aromatic nitrogens is 5. The summed E-state index contributed by atoms with van der Waals surface area (Å²) in [6.45, 7) is 5.51. The van der Waals surface area contributed by atoms with Crippen LogP contribution in [-0.2, 0) is 11.3 Å². The Morgan fingerprint density at radius 1 is 1.24 bits per heavy atom. The molecule has 1 saturated carbocycles. The van der Waals surface area contributed by atoms with Crippen LogP contribution in [0.4, 0.5) is 4.39 Å². The van der Waals surface area contributed by atoms with E-state index in [1.165, 1.54) is 13.3 Å². The molecule has 1 amide bonds. The lowest BCUT2D eigenvalue weighted by Crippen LogP contribution is -2.32. The molecule has 0 radical (unpaired) electrons. The first-order valence-corrected chi connectivity index (χ1v) is 12.7. The number of fused-ring (bicyclic) bond motifs is 1. The third-order valence-corrected chi connectivity index (χ3v) is 6.53. The van der Waals surface area contributed by atoms with Crippen molar-refractivity contribution in [1.29, 1.82) is 0 Å². The van der Waals surface area contributed by atoms with E-state index in [-0.39, 0.29) is 18.8 Å². The number of aryl methyl sites for hydroxylation is 1. The number of carbonyl (C=O) groups is 1. The fourth-order valence-electron chi connectivity index (χ4n) is 3.93. The van der Waals surface area contributed by atoms with Gasteiger partial charge in [-0.05, 0) is 69.5 Å². The summed E-state index contributed by atoms with van der Waals surface area (Å²) < 4.78 is 26.6. The van der Waals surface area contributed by atoms with E-state index >= 15 is 0 Å². The number of rotatable bonds is 10. The van der Waals surface area contributed by atoms with Crippen LogP contribution >= 0.6 is 11.6 Å². The minimum atomic E-state index is -1.13. The molecule has 0 bridgehead atoms. The first-order valence-electron chi connectivity index (χ1n) is 12.4. The lowest BCUT2D eigenvalue weighted by molar-refractivity contribution is -0.123. The van der Waals surface area contributed by atoms with Crippen molar-refractivity contribution in [2.24, 2.45) is 0 Å². The highest BCUT2D eigenvalue weighted by Crippen LogP contribution is 2.41. The number of carbonyl (C=O) groups excluding carboxylic acids is 1. The van der Waals surface area contributed by atoms with E-state index in [9.17, 15) is 9.18 Å². The smallest absolute Gasteiger partial charge is 0.258 e. The number of nitrogens with zero attached hydrogens (tertiary/aromatic N) is 5. The minimum absolute atomic E-state index is 0.0678. The summed E-state index contributed by atoms with van der Waals surface area (Å²) in [5, 5.41) is 2.84. The van der Waals surface area contributed by atoms with Gasteiger partial charge in [0.25, 0.3) is 5.91 Å². The van der Waals surface area contributed by atoms with E-state index in [0.29, 0.717) is 45.7 Å². The number of alkyl halides is 1. The number of hydrogen-bond acceptors (Lipinski definition) is 7. The van der Waals surface area contributed by atoms with Crippen molar-refractivity contribution in [3.63, 3.8) is 0 Å². The average molecular weight is 539 g/mol. The van der Waals surface area contributed by atoms with Crippen LogP contribution in [0.5, 0.6) is 11.6 Å². The second-order valence-electron chi connectivity index (χ2n) is 9.76. The van der Waals surface area contributed by atoms with Crippen LogP contribution in [0.15, 0.2) is 42.9 Å². The van der Waals surface area contributed by atoms with Crippen molar-refractivity contribution in [3.8, 4) is 23.0 Å². The summed E-state index contributed by atoms with van der Waals surface area (Å²) in [6, 6.07) is 9.04. The van der Waals surface area contributed by atoms with E-state index in [4.69, 9.17) is 26.1 Å². The zero-order chi connectivity index (χ0) is 26.9. The average Bonchev–Trinajstić information content (AvgIpc) is 3.49. The van der Waals surface area contributed by atoms with Crippen molar-refractivity contribution in [2.45, 2.75) is 51.9 Å². The summed E-state index contributed by atoms with van der Waals surface area (Å²) in [4.78, 5) is 30.2. The van der Waals surface area contributed by atoms with Crippen LogP contribution in [0, 0.1) is 6.92 Å². The molecule has 3 aromatic heterocycles. The summed E-state index contributed by atoms with van der Waals surface area (Å²) in [7, 11) is 0. The van der Waals surface area contributed by atoms with Gasteiger partial charge in [-0.25, -0.2) is 14.4 Å². The number of hydrogen-bond donors (Lipinski definition) is 1. The van der Waals surface area contributed by atoms with E-state index < -0.39 is 12.1 Å². The van der Waals surface area contributed by atoms with Gasteiger partial charge in [-0.1, -0.05) is 11.6 Å². The quantitative estimate of drug-likeness (QED) is 0.312. The molecule has 5 rings (SSSR count). The van der Waals surface area contributed by atoms with Crippen LogP contribution in [0.25, 0.3) is 22.6 Å². The number of halogens is 2. The van der Waals surface area contributed by atoms with Crippen LogP contribution in [-0.4, -0.2) is 55.3 Å². The van der Waals surface area contributed by atoms with E-state index in [2.05, 4.69) is 20.3 Å². The van der Waals surface area contributed by atoms with Gasteiger partial charge in [0.1, 0.15) is 29.7 Å². The Morgan fingerprint density at radius 3 is 2.76 bits per heavy atom. The van der Waals surface area contributed by atoms with Gasteiger partial charge in [0, 0.05) is 18.3 Å². The lowest BCUT2D eigenvalue weighted by Gasteiger charge is -2.12. The summed E-state index contributed by atoms with van der Waals surface area (Å²) in [5.74, 6) is 0.978. The summed E-state index contributed by atoms with van der Waals surface area (Å²) >= 11 is 6.70. The highest BCUT2D eigenvalue weighted by Gasteiger charge is 2.41. The van der Waals surface area contributed by atoms with Crippen LogP contribution < -0.4 is 14.8 Å². The molecule has 0 spiro atoms. The minimum Gasteiger partial charge on any atom is -0.484 e. The van der Waals surface area contributed by atoms with Crippen molar-refractivity contribution in [2.75, 3.05) is 13.2 Å². The number of amides is 1. The highest BCUT2D eigenvalue weighted by molar-refractivity contribution is 6.33. The molecule has 198 valence electrons. The topological polar surface area (TPSA) is 104 Å². The summed E-state index contributed by atoms with van der Waals surface area (Å²) in [5.41, 5.74) is 3.47. The molecule has 1 aliphatic rings. The predicted octanol–water partition coefficient (Wildman–Crippen LogP) is 4.68. The number of nitrogens with one attached hydrogen (secondary N) is 1. The molecule has 1 atom stereocenters. The second-order valence-corrected chi connectivity index (χ2v) is 10.2. The normalized spacial score (nSPS) is 14.8. The Morgan fingerprint density at radius 2 is 2.05 bits per heavy atom. The Balaban J connectivity index is 1.49. The molecule has 1 aromatic carbocycles. The molecule has 9 nitrogen and oxygen atoms in total. The monoisotopic (exact) mass is 538 g/mol. The van der Waals surface area contributed by atoms with Crippen LogP contribution in [0.2, 0.25) is 5.02 Å². The van der Waals surface area contributed by atoms with E-state index in [1.54, 1.807) is 24.4 Å². The fraction of sp³-hybridized carbons (Fsp3) is 0.370. The van der Waals surface area contributed by atoms with Crippen molar-refractivity contribution < 1.29 is 18.7 Å². The molecule has 11 heteroatoms. The first-order chi connectivity index (χ1) is 18.2. The van der Waals surface area contributed by atoms with Gasteiger partial charge in [-0.2, -0.15) is 4.98 Å². The molecule has 0 aliphatic heterocycles. The first kappa shape index (κ1) is 25.8. The molecular weight excluding hydrogens is 511 g/mol. The second kappa shape index (κ2) is 10.5. The predicted molar refractivity (Wildman–Crippen MR) is 141 cm³/mol. The number of benzene rings is 1. The fourth-order valence-corrected chi connectivity index (χ4v) is 4.18. The molecule has 1 fully saturated rings. The molecule has 3 heterocycles. The van der Waals surface area contributed by atoms with E-state index in [1.807, 2.05) is 30.5 Å². The third kappa shape index (κ3) is 5.85. The Kier molecular flexibility index (Phi) is 7.16. The summed E-state index contributed by atoms with van der Waals surface area (Å²) in [6.07, 6.45) is 4.02. The zero-order valence-corrected chi connectivity index (χ0v) is 22.1. The van der Waals surface area contributed by atoms with E-state index in [0.717, 1.165) is 24.1 Å². The van der Waals surface area contributed by atoms with Gasteiger partial charge in [0.2, 0.25) is 5.88 Å². The van der Waals surface area contributed by atoms with Gasteiger partial charge in [-0.3, -0.25) is 9.78 Å². The lowest BCUT2D eigenvalue weighted by atomic mass is 10.2. The van der Waals surface area contributed by atoms with Crippen LogP contribution in [0.1, 0.15) is 37.9 Å². The highest BCUT2D eigenvalue weighted by atomic mass is 35.5. The van der Waals surface area contributed by atoms with Crippen molar-refractivity contribution in [3.05, 3.63) is 59.1 Å². The molecule has 38 heavy (non-hydrogen) atoms. The number of pyridine rings is 1. The molecule has 0 saturated heterocycles. The number of imidazole rings is 1. The SMILES string of the molecule is Cc1ccnc(Cn2c(-c3ccc(OCC(=O)NC[C@H](C)F)cc3Cl)nc3c(OC4(C)CC4)ncnc32)c1. The third-order valence-electron chi connectivity index (χ3n) is 6.22. The van der Waals surface area contributed by atoms with Crippen LogP contribution in [0.3, 0.4) is 0 Å². The Bertz CT molecular complexity index is 1490. The maximum Gasteiger partial charge on any atom is 0.258 e. The maximum absolute atomic E-state index is 13.0. The zero-order valence-electron chi connectivity index (χ0n) is 21.4. The van der Waals surface area contributed by atoms with Crippen molar-refractivity contribution in [1.82, 2.24) is 29.8 Å². The molecule has 4 aromatic rings. The van der Waals surface area contributed by atoms with Gasteiger partial charge >= 0.3 is 0 Å². The van der Waals surface area contributed by atoms with Gasteiger partial charge in [-0.15, -0.1) is 0 Å². The Labute approximate surface area is 224 Å². The Hall–Kier alpha value is -3.79. The maximum atomic E-state index is 13.0. The largest absolute Gasteiger partial charge is 0.484 e. The molecule has 1 N–H and O–H groups in total. The standard InChI is InChI=1S/C27H28ClFN6O3/c1-16-6-9-30-18(10-16)13-35-24(34-23-25(35)32-15-33-26(23)38-27(3)7-8-27)20-5-4-19(11-21(20)28)37-14-22(36)31-12-17(2)29/h4-6,9-11,15,17H,7-8,12-14H2,1-3H3,(H,31,36)/t17-/m0/s1. The molecular formula is C27H28ClFN6O3. The van der Waals surface area contributed by atoms with Gasteiger partial charge in [0.05, 0.1) is 17.3 Å². The number of ether oxygens (including phenoxy) is 2. The van der Waals surface area contributed by atoms with Gasteiger partial charge in [0.15, 0.2) is 17.8 Å². The molecule has 0 unspecified atom stereocenters. The molecule has 1 aliphatic carbocycles. The van der Waals surface area contributed by atoms with Crippen molar-refractivity contribution >= 4 is 28.7 Å².